The van der Waals surface area contributed by atoms with Gasteiger partial charge >= 0.3 is 0 Å². The molecule has 5 rings (SSSR count). The molecule has 4 aliphatic carbocycles. The van der Waals surface area contributed by atoms with Crippen molar-refractivity contribution >= 4 is 14.5 Å². The lowest BCUT2D eigenvalue weighted by Gasteiger charge is -2.64. The SMILES string of the molecule is CC1(C)O[C@@H]2C3C([C@@H](O)C[C@@]4(C=N)C3CC[C@@H]4O[Si](C)(C)C(C)(C)C)[C@@]3(C)CCCCC3[C@H]2O1. The van der Waals surface area contributed by atoms with Gasteiger partial charge in [0.15, 0.2) is 14.1 Å². The molecule has 5 nitrogen and oxygen atoms in total. The minimum Gasteiger partial charge on any atom is -0.413 e. The molecule has 0 aromatic rings. The lowest BCUT2D eigenvalue weighted by atomic mass is 9.43. The summed E-state index contributed by atoms with van der Waals surface area (Å²) >= 11 is 0. The van der Waals surface area contributed by atoms with E-state index in [4.69, 9.17) is 19.3 Å². The van der Waals surface area contributed by atoms with Gasteiger partial charge < -0.3 is 24.4 Å². The number of hydrogen-bond donors (Lipinski definition) is 2. The van der Waals surface area contributed by atoms with E-state index in [0.29, 0.717) is 18.3 Å². The molecule has 1 saturated heterocycles. The van der Waals surface area contributed by atoms with Crippen LogP contribution in [-0.4, -0.2) is 49.8 Å². The molecule has 4 saturated carbocycles. The summed E-state index contributed by atoms with van der Waals surface area (Å²) in [6.45, 7) is 18.1. The van der Waals surface area contributed by atoms with Crippen LogP contribution < -0.4 is 0 Å². The van der Waals surface area contributed by atoms with E-state index >= 15 is 0 Å². The van der Waals surface area contributed by atoms with Gasteiger partial charge in [0.2, 0.25) is 0 Å². The number of aliphatic hydroxyl groups excluding tert-OH is 1. The Morgan fingerprint density at radius 2 is 1.68 bits per heavy atom. The van der Waals surface area contributed by atoms with Crippen molar-refractivity contribution < 1.29 is 19.0 Å². The Labute approximate surface area is 208 Å². The molecule has 1 aliphatic heterocycles. The van der Waals surface area contributed by atoms with Gasteiger partial charge in [-0.05, 0) is 93.2 Å². The van der Waals surface area contributed by atoms with Crippen LogP contribution in [0.5, 0.6) is 0 Å². The van der Waals surface area contributed by atoms with Crippen molar-refractivity contribution in [2.45, 2.75) is 135 Å². The van der Waals surface area contributed by atoms with E-state index in [-0.39, 0.29) is 40.6 Å². The lowest BCUT2D eigenvalue weighted by molar-refractivity contribution is -0.210. The maximum absolute atomic E-state index is 11.9. The fourth-order valence-corrected chi connectivity index (χ4v) is 10.4. The molecule has 0 aromatic heterocycles. The van der Waals surface area contributed by atoms with E-state index in [9.17, 15) is 5.11 Å². The van der Waals surface area contributed by atoms with Crippen LogP contribution >= 0.6 is 0 Å². The molecule has 2 N–H and O–H groups in total. The molecule has 5 aliphatic rings. The number of aliphatic hydroxyl groups is 1. The number of fused-ring (bicyclic) bond motifs is 8. The molecule has 10 atom stereocenters. The first-order chi connectivity index (χ1) is 15.7. The van der Waals surface area contributed by atoms with Crippen LogP contribution in [0.25, 0.3) is 0 Å². The molecule has 34 heavy (non-hydrogen) atoms. The van der Waals surface area contributed by atoms with Crippen LogP contribution in [0.15, 0.2) is 0 Å². The monoisotopic (exact) mass is 491 g/mol. The van der Waals surface area contributed by atoms with E-state index in [1.54, 1.807) is 6.21 Å². The highest BCUT2D eigenvalue weighted by atomic mass is 28.4. The Morgan fingerprint density at radius 3 is 2.32 bits per heavy atom. The third-order valence-corrected chi connectivity index (χ3v) is 15.9. The highest BCUT2D eigenvalue weighted by molar-refractivity contribution is 6.74. The largest absolute Gasteiger partial charge is 0.413 e. The summed E-state index contributed by atoms with van der Waals surface area (Å²) in [4.78, 5) is 0. The summed E-state index contributed by atoms with van der Waals surface area (Å²) in [6.07, 6.45) is 8.88. The zero-order valence-corrected chi connectivity index (χ0v) is 23.8. The molecule has 194 valence electrons. The fourth-order valence-electron chi connectivity index (χ4n) is 8.97. The molecule has 1 heterocycles. The standard InChI is InChI=1S/C28H49NO4Si/c1-25(2,3)34(7,8)33-20-13-12-17-21-22(19(30)15-28(17,20)16-29)27(6)14-10-9-11-18(27)23-24(21)32-26(4,5)31-23/h16-24,29-30H,9-15H2,1-8H3/t17?,18?,19-,20-,21?,22?,23+,24+,27-,28+/m0/s1. The molecule has 0 radical (unpaired) electrons. The van der Waals surface area contributed by atoms with Crippen molar-refractivity contribution in [3.05, 3.63) is 0 Å². The van der Waals surface area contributed by atoms with Gasteiger partial charge in [-0.1, -0.05) is 40.5 Å². The first-order valence-corrected chi connectivity index (χ1v) is 16.8. The van der Waals surface area contributed by atoms with Crippen LogP contribution in [0.1, 0.15) is 86.5 Å². The Bertz CT molecular complexity index is 824. The highest BCUT2D eigenvalue weighted by Crippen LogP contribution is 2.68. The molecule has 6 heteroatoms. The van der Waals surface area contributed by atoms with E-state index in [2.05, 4.69) is 54.6 Å². The second kappa shape index (κ2) is 7.86. The molecule has 0 aromatic carbocycles. The third kappa shape index (κ3) is 3.48. The van der Waals surface area contributed by atoms with Gasteiger partial charge in [0.25, 0.3) is 0 Å². The summed E-state index contributed by atoms with van der Waals surface area (Å²) in [7, 11) is -2.01. The average molecular weight is 492 g/mol. The summed E-state index contributed by atoms with van der Waals surface area (Å²) in [6, 6.07) is 0. The Morgan fingerprint density at radius 1 is 1.00 bits per heavy atom. The average Bonchev–Trinajstić information content (AvgIpc) is 3.23. The quantitative estimate of drug-likeness (QED) is 0.367. The van der Waals surface area contributed by atoms with Crippen LogP contribution in [0.3, 0.4) is 0 Å². The van der Waals surface area contributed by atoms with Crippen LogP contribution in [0.4, 0.5) is 0 Å². The molecular weight excluding hydrogens is 442 g/mol. The Hall–Kier alpha value is -0.273. The molecule has 4 unspecified atom stereocenters. The number of ether oxygens (including phenoxy) is 2. The second-order valence-electron chi connectivity index (χ2n) is 14.6. The third-order valence-electron chi connectivity index (χ3n) is 11.4. The number of rotatable bonds is 3. The minimum atomic E-state index is -2.01. The zero-order chi connectivity index (χ0) is 24.9. The van der Waals surface area contributed by atoms with E-state index in [1.165, 1.54) is 19.3 Å². The number of hydrogen-bond acceptors (Lipinski definition) is 5. The van der Waals surface area contributed by atoms with Crippen molar-refractivity contribution in [2.24, 2.45) is 34.5 Å². The highest BCUT2D eigenvalue weighted by Gasteiger charge is 2.71. The predicted molar refractivity (Wildman–Crippen MR) is 138 cm³/mol. The molecule has 0 bridgehead atoms. The Kier molecular flexibility index (Phi) is 5.87. The van der Waals surface area contributed by atoms with Crippen LogP contribution in [-0.2, 0) is 13.9 Å². The second-order valence-corrected chi connectivity index (χ2v) is 19.4. The van der Waals surface area contributed by atoms with Gasteiger partial charge in [-0.15, -0.1) is 0 Å². The first kappa shape index (κ1) is 25.4. The van der Waals surface area contributed by atoms with Crippen molar-refractivity contribution in [3.8, 4) is 0 Å². The maximum atomic E-state index is 11.9. The summed E-state index contributed by atoms with van der Waals surface area (Å²) < 4.78 is 20.4. The van der Waals surface area contributed by atoms with E-state index in [1.807, 2.05) is 0 Å². The van der Waals surface area contributed by atoms with Gasteiger partial charge in [-0.2, -0.15) is 0 Å². The molecular formula is C28H49NO4Si. The van der Waals surface area contributed by atoms with Gasteiger partial charge in [0, 0.05) is 11.6 Å². The van der Waals surface area contributed by atoms with Crippen molar-refractivity contribution in [1.29, 1.82) is 5.41 Å². The normalized spacial score (nSPS) is 50.1. The van der Waals surface area contributed by atoms with Crippen molar-refractivity contribution in [2.75, 3.05) is 0 Å². The number of nitrogens with one attached hydrogen (secondary N) is 1. The predicted octanol–water partition coefficient (Wildman–Crippen LogP) is 6.15. The summed E-state index contributed by atoms with van der Waals surface area (Å²) in [5, 5.41) is 20.8. The topological polar surface area (TPSA) is 71.8 Å². The fraction of sp³-hybridized carbons (Fsp3) is 0.964. The smallest absolute Gasteiger partial charge is 0.192 e. The zero-order valence-electron chi connectivity index (χ0n) is 22.8. The molecule has 0 amide bonds. The van der Waals surface area contributed by atoms with Crippen LogP contribution in [0.2, 0.25) is 18.1 Å². The van der Waals surface area contributed by atoms with Crippen molar-refractivity contribution in [3.63, 3.8) is 0 Å². The minimum absolute atomic E-state index is 0.00192. The molecule has 0 spiro atoms. The van der Waals surface area contributed by atoms with Gasteiger partial charge in [-0.3, -0.25) is 0 Å². The maximum Gasteiger partial charge on any atom is 0.192 e. The van der Waals surface area contributed by atoms with Crippen molar-refractivity contribution in [1.82, 2.24) is 0 Å². The Balaban J connectivity index is 1.56. The van der Waals surface area contributed by atoms with Gasteiger partial charge in [0.1, 0.15) is 0 Å². The van der Waals surface area contributed by atoms with E-state index < -0.39 is 25.6 Å². The summed E-state index contributed by atoms with van der Waals surface area (Å²) in [5.74, 6) is 0.578. The van der Waals surface area contributed by atoms with E-state index in [0.717, 1.165) is 19.3 Å². The molecule has 5 fully saturated rings. The summed E-state index contributed by atoms with van der Waals surface area (Å²) in [5.41, 5.74) is -0.339. The van der Waals surface area contributed by atoms with Crippen LogP contribution in [0, 0.1) is 39.9 Å². The van der Waals surface area contributed by atoms with Gasteiger partial charge in [-0.25, -0.2) is 0 Å². The van der Waals surface area contributed by atoms with Gasteiger partial charge in [0.05, 0.1) is 24.4 Å². The first-order valence-electron chi connectivity index (χ1n) is 13.9. The lowest BCUT2D eigenvalue weighted by Crippen LogP contribution is -2.67.